The first kappa shape index (κ1) is 17.4. The van der Waals surface area contributed by atoms with Crippen molar-refractivity contribution in [1.82, 2.24) is 10.2 Å². The van der Waals surface area contributed by atoms with Crippen molar-refractivity contribution in [1.29, 1.82) is 0 Å². The van der Waals surface area contributed by atoms with Gasteiger partial charge in [-0.15, -0.1) is 0 Å². The molecule has 1 amide bonds. The van der Waals surface area contributed by atoms with E-state index in [1.54, 1.807) is 0 Å². The average molecular weight is 331 g/mol. The molecule has 2 aliphatic rings. The summed E-state index contributed by atoms with van der Waals surface area (Å²) in [6, 6.07) is 10.7. The van der Waals surface area contributed by atoms with Crippen molar-refractivity contribution in [2.75, 3.05) is 32.8 Å². The van der Waals surface area contributed by atoms with Crippen LogP contribution in [0.15, 0.2) is 30.3 Å². The number of carbonyl (C=O) groups excluding carboxylic acids is 1. The Hall–Kier alpha value is -1.43. The van der Waals surface area contributed by atoms with Crippen molar-refractivity contribution >= 4 is 5.91 Å². The van der Waals surface area contributed by atoms with Crippen LogP contribution in [0.5, 0.6) is 0 Å². The quantitative estimate of drug-likeness (QED) is 0.821. The summed E-state index contributed by atoms with van der Waals surface area (Å²) in [4.78, 5) is 15.0. The molecule has 0 bridgehead atoms. The van der Waals surface area contributed by atoms with Crippen LogP contribution in [0.2, 0.25) is 0 Å². The number of rotatable bonds is 6. The molecule has 5 nitrogen and oxygen atoms in total. The summed E-state index contributed by atoms with van der Waals surface area (Å²) in [5.41, 5.74) is 7.23. The number of morpholine rings is 1. The molecule has 5 heteroatoms. The number of ether oxygens (including phenoxy) is 1. The monoisotopic (exact) mass is 331 g/mol. The third-order valence-corrected chi connectivity index (χ3v) is 5.10. The second kappa shape index (κ2) is 8.60. The lowest BCUT2D eigenvalue weighted by Gasteiger charge is -2.31. The van der Waals surface area contributed by atoms with Crippen LogP contribution in [0.25, 0.3) is 0 Å². The fourth-order valence-electron chi connectivity index (χ4n) is 3.73. The number of nitrogens with two attached hydrogens (primary N) is 1. The minimum atomic E-state index is 0.0861. The summed E-state index contributed by atoms with van der Waals surface area (Å²) in [6.45, 7) is 4.32. The van der Waals surface area contributed by atoms with Crippen molar-refractivity contribution in [3.05, 3.63) is 35.9 Å². The molecular weight excluding hydrogens is 302 g/mol. The fourth-order valence-corrected chi connectivity index (χ4v) is 3.73. The van der Waals surface area contributed by atoms with Crippen molar-refractivity contribution in [3.63, 3.8) is 0 Å². The average Bonchev–Trinajstić information content (AvgIpc) is 3.03. The summed E-state index contributed by atoms with van der Waals surface area (Å²) in [6.07, 6.45) is 3.57. The Balaban J connectivity index is 1.60. The summed E-state index contributed by atoms with van der Waals surface area (Å²) in [7, 11) is 0. The van der Waals surface area contributed by atoms with Crippen molar-refractivity contribution in [2.45, 2.75) is 37.8 Å². The Kier molecular flexibility index (Phi) is 6.24. The molecule has 0 spiro atoms. The van der Waals surface area contributed by atoms with Gasteiger partial charge in [-0.25, -0.2) is 0 Å². The minimum absolute atomic E-state index is 0.0861. The lowest BCUT2D eigenvalue weighted by Crippen LogP contribution is -2.49. The first-order valence-electron chi connectivity index (χ1n) is 9.10. The maximum absolute atomic E-state index is 12.6. The molecule has 1 saturated heterocycles. The van der Waals surface area contributed by atoms with Crippen molar-refractivity contribution in [2.24, 2.45) is 11.7 Å². The smallest absolute Gasteiger partial charge is 0.223 e. The second-order valence-electron chi connectivity index (χ2n) is 7.08. The van der Waals surface area contributed by atoms with Crippen LogP contribution >= 0.6 is 0 Å². The van der Waals surface area contributed by atoms with E-state index in [2.05, 4.69) is 34.5 Å². The Morgan fingerprint density at radius 2 is 2.00 bits per heavy atom. The third kappa shape index (κ3) is 5.03. The normalized spacial score (nSPS) is 26.2. The molecule has 3 atom stereocenters. The zero-order valence-corrected chi connectivity index (χ0v) is 14.3. The van der Waals surface area contributed by atoms with E-state index in [-0.39, 0.29) is 23.9 Å². The van der Waals surface area contributed by atoms with Crippen molar-refractivity contribution < 1.29 is 9.53 Å². The van der Waals surface area contributed by atoms with E-state index < -0.39 is 0 Å². The van der Waals surface area contributed by atoms with Gasteiger partial charge in [-0.05, 0) is 31.2 Å². The maximum Gasteiger partial charge on any atom is 0.223 e. The lowest BCUT2D eigenvalue weighted by molar-refractivity contribution is -0.125. The molecule has 0 aromatic heterocycles. The van der Waals surface area contributed by atoms with E-state index in [0.717, 1.165) is 58.5 Å². The summed E-state index contributed by atoms with van der Waals surface area (Å²) in [5.74, 6) is 0.264. The molecule has 1 heterocycles. The van der Waals surface area contributed by atoms with Crippen LogP contribution in [-0.2, 0) is 16.0 Å². The van der Waals surface area contributed by atoms with E-state index in [4.69, 9.17) is 10.5 Å². The molecule has 1 saturated carbocycles. The molecule has 2 fully saturated rings. The number of nitrogens with one attached hydrogen (secondary N) is 1. The Labute approximate surface area is 144 Å². The predicted octanol–water partition coefficient (Wildman–Crippen LogP) is 1.17. The molecule has 132 valence electrons. The number of benzene rings is 1. The summed E-state index contributed by atoms with van der Waals surface area (Å²) >= 11 is 0. The second-order valence-corrected chi connectivity index (χ2v) is 7.08. The highest BCUT2D eigenvalue weighted by Crippen LogP contribution is 2.24. The zero-order chi connectivity index (χ0) is 16.8. The van der Waals surface area contributed by atoms with Gasteiger partial charge in [-0.2, -0.15) is 0 Å². The van der Waals surface area contributed by atoms with Gasteiger partial charge in [0.05, 0.1) is 13.2 Å². The zero-order valence-electron chi connectivity index (χ0n) is 14.3. The highest BCUT2D eigenvalue weighted by atomic mass is 16.5. The first-order chi connectivity index (χ1) is 11.7. The highest BCUT2D eigenvalue weighted by molar-refractivity contribution is 5.79. The van der Waals surface area contributed by atoms with Gasteiger partial charge in [0.25, 0.3) is 0 Å². The van der Waals surface area contributed by atoms with E-state index in [9.17, 15) is 4.79 Å². The Bertz CT molecular complexity index is 517. The van der Waals surface area contributed by atoms with E-state index in [1.165, 1.54) is 5.56 Å². The number of carbonyl (C=O) groups is 1. The SMILES string of the molecule is NC1CCC(C(=O)NC(Cc2ccccc2)CN2CCOCC2)C1. The summed E-state index contributed by atoms with van der Waals surface area (Å²) in [5, 5.41) is 3.30. The molecule has 1 aliphatic carbocycles. The molecule has 1 aromatic carbocycles. The minimum Gasteiger partial charge on any atom is -0.379 e. The number of nitrogens with zero attached hydrogens (tertiary/aromatic N) is 1. The lowest BCUT2D eigenvalue weighted by atomic mass is 10.0. The van der Waals surface area contributed by atoms with Gasteiger partial charge >= 0.3 is 0 Å². The number of hydrogen-bond donors (Lipinski definition) is 2. The molecule has 3 N–H and O–H groups in total. The molecular formula is C19H29N3O2. The standard InChI is InChI=1S/C19H29N3O2/c20-17-7-6-16(13-17)19(23)21-18(12-15-4-2-1-3-5-15)14-22-8-10-24-11-9-22/h1-5,16-18H,6-14,20H2,(H,21,23). The topological polar surface area (TPSA) is 67.6 Å². The van der Waals surface area contributed by atoms with Crippen LogP contribution in [0.1, 0.15) is 24.8 Å². The van der Waals surface area contributed by atoms with Crippen LogP contribution in [-0.4, -0.2) is 55.7 Å². The fraction of sp³-hybridized carbons (Fsp3) is 0.632. The van der Waals surface area contributed by atoms with Gasteiger partial charge in [0, 0.05) is 37.6 Å². The predicted molar refractivity (Wildman–Crippen MR) is 94.7 cm³/mol. The Morgan fingerprint density at radius 1 is 1.25 bits per heavy atom. The van der Waals surface area contributed by atoms with Gasteiger partial charge in [-0.1, -0.05) is 30.3 Å². The molecule has 3 unspecified atom stereocenters. The first-order valence-corrected chi connectivity index (χ1v) is 9.10. The van der Waals surface area contributed by atoms with Crippen LogP contribution in [0.3, 0.4) is 0 Å². The van der Waals surface area contributed by atoms with Crippen molar-refractivity contribution in [3.8, 4) is 0 Å². The maximum atomic E-state index is 12.6. The summed E-state index contributed by atoms with van der Waals surface area (Å²) < 4.78 is 5.43. The largest absolute Gasteiger partial charge is 0.379 e. The molecule has 1 aromatic rings. The third-order valence-electron chi connectivity index (χ3n) is 5.10. The van der Waals surface area contributed by atoms with E-state index >= 15 is 0 Å². The van der Waals surface area contributed by atoms with E-state index in [1.807, 2.05) is 6.07 Å². The molecule has 24 heavy (non-hydrogen) atoms. The van der Waals surface area contributed by atoms with Crippen LogP contribution in [0.4, 0.5) is 0 Å². The van der Waals surface area contributed by atoms with Crippen LogP contribution < -0.4 is 11.1 Å². The van der Waals surface area contributed by atoms with Gasteiger partial charge in [0.2, 0.25) is 5.91 Å². The molecule has 1 aliphatic heterocycles. The molecule has 0 radical (unpaired) electrons. The van der Waals surface area contributed by atoms with Gasteiger partial charge in [0.1, 0.15) is 0 Å². The van der Waals surface area contributed by atoms with E-state index in [0.29, 0.717) is 0 Å². The van der Waals surface area contributed by atoms with Gasteiger partial charge < -0.3 is 15.8 Å². The van der Waals surface area contributed by atoms with Gasteiger partial charge in [0.15, 0.2) is 0 Å². The number of amides is 1. The van der Waals surface area contributed by atoms with Gasteiger partial charge in [-0.3, -0.25) is 9.69 Å². The highest BCUT2D eigenvalue weighted by Gasteiger charge is 2.29. The van der Waals surface area contributed by atoms with Crippen LogP contribution in [0, 0.1) is 5.92 Å². The number of hydrogen-bond acceptors (Lipinski definition) is 4. The Morgan fingerprint density at radius 3 is 2.67 bits per heavy atom. The molecule has 3 rings (SSSR count).